The van der Waals surface area contributed by atoms with Gasteiger partial charge in [-0.2, -0.15) is 4.31 Å². The summed E-state index contributed by atoms with van der Waals surface area (Å²) in [5.74, 6) is 0.768. The van der Waals surface area contributed by atoms with Crippen LogP contribution in [0.25, 0.3) is 0 Å². The lowest BCUT2D eigenvalue weighted by molar-refractivity contribution is 0.161. The van der Waals surface area contributed by atoms with Crippen LogP contribution in [0.15, 0.2) is 12.2 Å². The Bertz CT molecular complexity index is 370. The highest BCUT2D eigenvalue weighted by Crippen LogP contribution is 2.20. The zero-order valence-corrected chi connectivity index (χ0v) is 11.3. The van der Waals surface area contributed by atoms with E-state index in [0.29, 0.717) is 13.1 Å². The predicted octanol–water partition coefficient (Wildman–Crippen LogP) is 0.920. The van der Waals surface area contributed by atoms with Gasteiger partial charge in [-0.25, -0.2) is 8.42 Å². The molecule has 0 aromatic carbocycles. The van der Waals surface area contributed by atoms with Crippen LogP contribution >= 0.6 is 0 Å². The van der Waals surface area contributed by atoms with E-state index in [2.05, 4.69) is 17.1 Å². The van der Waals surface area contributed by atoms with Crippen LogP contribution in [0, 0.1) is 5.92 Å². The highest BCUT2D eigenvalue weighted by Gasteiger charge is 2.24. The third kappa shape index (κ3) is 3.79. The Balaban J connectivity index is 1.77. The van der Waals surface area contributed by atoms with E-state index >= 15 is 0 Å². The van der Waals surface area contributed by atoms with Gasteiger partial charge in [0.2, 0.25) is 10.0 Å². The molecule has 0 saturated carbocycles. The molecule has 0 bridgehead atoms. The fourth-order valence-electron chi connectivity index (χ4n) is 2.63. The Kier molecular flexibility index (Phi) is 4.22. The van der Waals surface area contributed by atoms with Gasteiger partial charge in [-0.3, -0.25) is 0 Å². The normalized spacial score (nSPS) is 28.4. The molecule has 0 N–H and O–H groups in total. The number of rotatable bonds is 3. The molecule has 0 amide bonds. The fraction of sp³-hybridized carbons (Fsp3) is 0.833. The first-order valence-electron chi connectivity index (χ1n) is 6.38. The molecule has 17 heavy (non-hydrogen) atoms. The maximum absolute atomic E-state index is 11.4. The summed E-state index contributed by atoms with van der Waals surface area (Å²) < 4.78 is 24.4. The van der Waals surface area contributed by atoms with Crippen molar-refractivity contribution in [3.8, 4) is 0 Å². The smallest absolute Gasteiger partial charge is 0.211 e. The number of sulfonamides is 1. The molecular formula is C12H22N2O2S. The highest BCUT2D eigenvalue weighted by atomic mass is 32.2. The minimum atomic E-state index is -2.99. The second kappa shape index (κ2) is 5.50. The van der Waals surface area contributed by atoms with E-state index in [1.165, 1.54) is 25.5 Å². The Morgan fingerprint density at radius 3 is 2.41 bits per heavy atom. The van der Waals surface area contributed by atoms with Crippen LogP contribution in [-0.4, -0.2) is 56.6 Å². The van der Waals surface area contributed by atoms with Gasteiger partial charge in [0.05, 0.1) is 6.26 Å². The second-order valence-corrected chi connectivity index (χ2v) is 7.10. The molecule has 0 radical (unpaired) electrons. The molecule has 5 heteroatoms. The molecule has 4 nitrogen and oxygen atoms in total. The van der Waals surface area contributed by atoms with Crippen molar-refractivity contribution in [2.45, 2.75) is 19.3 Å². The molecule has 1 aliphatic carbocycles. The quantitative estimate of drug-likeness (QED) is 0.707. The van der Waals surface area contributed by atoms with E-state index in [1.54, 1.807) is 4.31 Å². The molecule has 0 spiro atoms. The third-order valence-corrected chi connectivity index (χ3v) is 5.00. The van der Waals surface area contributed by atoms with Crippen LogP contribution in [0.5, 0.6) is 0 Å². The molecule has 1 aliphatic heterocycles. The molecule has 0 aromatic heterocycles. The van der Waals surface area contributed by atoms with Gasteiger partial charge < -0.3 is 4.90 Å². The van der Waals surface area contributed by atoms with Gasteiger partial charge in [0.1, 0.15) is 0 Å². The predicted molar refractivity (Wildman–Crippen MR) is 69.3 cm³/mol. The Morgan fingerprint density at radius 2 is 1.88 bits per heavy atom. The summed E-state index contributed by atoms with van der Waals surface area (Å²) in [5.41, 5.74) is 0. The first-order chi connectivity index (χ1) is 8.05. The van der Waals surface area contributed by atoms with Gasteiger partial charge in [-0.15, -0.1) is 0 Å². The van der Waals surface area contributed by atoms with Crippen molar-refractivity contribution in [2.24, 2.45) is 5.92 Å². The lowest BCUT2D eigenvalue weighted by Gasteiger charge is -2.35. The molecule has 1 fully saturated rings. The minimum absolute atomic E-state index is 0.654. The SMILES string of the molecule is CS(=O)(=O)N1CCN(C[C@@H]2CC=CCC2)CC1. The van der Waals surface area contributed by atoms with Crippen LogP contribution in [-0.2, 0) is 10.0 Å². The van der Waals surface area contributed by atoms with Crippen molar-refractivity contribution >= 4 is 10.0 Å². The minimum Gasteiger partial charge on any atom is -0.300 e. The Hall–Kier alpha value is -0.390. The standard InChI is InChI=1S/C12H22N2O2S/c1-17(15,16)14-9-7-13(8-10-14)11-12-5-3-2-4-6-12/h2-3,12H,4-11H2,1H3/t12-/m1/s1. The van der Waals surface area contributed by atoms with Crippen molar-refractivity contribution < 1.29 is 8.42 Å². The van der Waals surface area contributed by atoms with Crippen molar-refractivity contribution in [3.05, 3.63) is 12.2 Å². The number of allylic oxidation sites excluding steroid dienone is 2. The molecule has 0 aromatic rings. The van der Waals surface area contributed by atoms with Gasteiger partial charge in [0.15, 0.2) is 0 Å². The fourth-order valence-corrected chi connectivity index (χ4v) is 3.46. The summed E-state index contributed by atoms with van der Waals surface area (Å²) in [4.78, 5) is 2.41. The number of nitrogens with zero attached hydrogens (tertiary/aromatic N) is 2. The van der Waals surface area contributed by atoms with E-state index in [9.17, 15) is 8.42 Å². The molecule has 98 valence electrons. The summed E-state index contributed by atoms with van der Waals surface area (Å²) in [7, 11) is -2.99. The van der Waals surface area contributed by atoms with Gasteiger partial charge in [-0.1, -0.05) is 12.2 Å². The molecule has 1 saturated heterocycles. The lowest BCUT2D eigenvalue weighted by Crippen LogP contribution is -2.49. The van der Waals surface area contributed by atoms with Crippen LogP contribution in [0.1, 0.15) is 19.3 Å². The molecule has 0 unspecified atom stereocenters. The summed E-state index contributed by atoms with van der Waals surface area (Å²) in [6.45, 7) is 4.20. The molecule has 1 heterocycles. The lowest BCUT2D eigenvalue weighted by atomic mass is 9.94. The first kappa shape index (κ1) is 13.1. The maximum Gasteiger partial charge on any atom is 0.211 e. The van der Waals surface area contributed by atoms with E-state index in [4.69, 9.17) is 0 Å². The van der Waals surface area contributed by atoms with Crippen LogP contribution in [0.3, 0.4) is 0 Å². The highest BCUT2D eigenvalue weighted by molar-refractivity contribution is 7.88. The average molecular weight is 258 g/mol. The summed E-state index contributed by atoms with van der Waals surface area (Å²) >= 11 is 0. The summed E-state index contributed by atoms with van der Waals surface area (Å²) in [6.07, 6.45) is 9.51. The summed E-state index contributed by atoms with van der Waals surface area (Å²) in [6, 6.07) is 0. The average Bonchev–Trinajstić information content (AvgIpc) is 2.30. The van der Waals surface area contributed by atoms with Gasteiger partial charge in [0, 0.05) is 32.7 Å². The van der Waals surface area contributed by atoms with Gasteiger partial charge in [0.25, 0.3) is 0 Å². The monoisotopic (exact) mass is 258 g/mol. The van der Waals surface area contributed by atoms with E-state index < -0.39 is 10.0 Å². The van der Waals surface area contributed by atoms with Crippen molar-refractivity contribution in [2.75, 3.05) is 39.0 Å². The molecule has 2 aliphatic rings. The number of hydrogen-bond donors (Lipinski definition) is 0. The number of piperazine rings is 1. The topological polar surface area (TPSA) is 40.6 Å². The molecule has 2 rings (SSSR count). The van der Waals surface area contributed by atoms with Crippen LogP contribution < -0.4 is 0 Å². The van der Waals surface area contributed by atoms with Crippen molar-refractivity contribution in [1.82, 2.24) is 9.21 Å². The molecule has 1 atom stereocenters. The third-order valence-electron chi connectivity index (χ3n) is 3.69. The first-order valence-corrected chi connectivity index (χ1v) is 8.23. The zero-order valence-electron chi connectivity index (χ0n) is 10.5. The van der Waals surface area contributed by atoms with Gasteiger partial charge in [-0.05, 0) is 25.2 Å². The van der Waals surface area contributed by atoms with Crippen molar-refractivity contribution in [3.63, 3.8) is 0 Å². The summed E-state index contributed by atoms with van der Waals surface area (Å²) in [5, 5.41) is 0. The largest absolute Gasteiger partial charge is 0.300 e. The molecular weight excluding hydrogens is 236 g/mol. The van der Waals surface area contributed by atoms with E-state index in [1.807, 2.05) is 0 Å². The zero-order chi connectivity index (χ0) is 12.3. The van der Waals surface area contributed by atoms with Crippen molar-refractivity contribution in [1.29, 1.82) is 0 Å². The number of hydrogen-bond acceptors (Lipinski definition) is 3. The van der Waals surface area contributed by atoms with Gasteiger partial charge >= 0.3 is 0 Å². The second-order valence-electron chi connectivity index (χ2n) is 5.11. The van der Waals surface area contributed by atoms with E-state index in [-0.39, 0.29) is 0 Å². The maximum atomic E-state index is 11.4. The van der Waals surface area contributed by atoms with Crippen LogP contribution in [0.4, 0.5) is 0 Å². The van der Waals surface area contributed by atoms with E-state index in [0.717, 1.165) is 25.6 Å². The Labute approximate surface area is 104 Å². The van der Waals surface area contributed by atoms with Crippen LogP contribution in [0.2, 0.25) is 0 Å². The Morgan fingerprint density at radius 1 is 1.18 bits per heavy atom.